The lowest BCUT2D eigenvalue weighted by Gasteiger charge is -2.07. The molecule has 1 aromatic rings. The van der Waals surface area contributed by atoms with Gasteiger partial charge < -0.3 is 5.11 Å². The van der Waals surface area contributed by atoms with E-state index in [1.807, 2.05) is 0 Å². The van der Waals surface area contributed by atoms with Crippen molar-refractivity contribution in [2.75, 3.05) is 4.72 Å². The predicted octanol–water partition coefficient (Wildman–Crippen LogP) is 1.60. The van der Waals surface area contributed by atoms with Crippen molar-refractivity contribution in [3.63, 3.8) is 0 Å². The van der Waals surface area contributed by atoms with Crippen LogP contribution in [0.2, 0.25) is 0 Å². The Morgan fingerprint density at radius 1 is 1.47 bits per heavy atom. The summed E-state index contributed by atoms with van der Waals surface area (Å²) in [4.78, 5) is 10.7. The van der Waals surface area contributed by atoms with Gasteiger partial charge in [-0.1, -0.05) is 0 Å². The first-order valence-corrected chi connectivity index (χ1v) is 6.54. The Labute approximate surface area is 91.8 Å². The first-order valence-electron chi connectivity index (χ1n) is 4.17. The molecule has 0 amide bonds. The molecule has 0 aliphatic rings. The molecule has 7 heteroatoms. The predicted molar refractivity (Wildman–Crippen MR) is 59.0 cm³/mol. The van der Waals surface area contributed by atoms with Gasteiger partial charge in [-0.3, -0.25) is 4.72 Å². The number of rotatable bonds is 4. The number of nitrogens with one attached hydrogen (secondary N) is 1. The molecule has 0 bridgehead atoms. The van der Waals surface area contributed by atoms with Crippen LogP contribution in [0.15, 0.2) is 12.1 Å². The van der Waals surface area contributed by atoms with E-state index in [4.69, 9.17) is 5.11 Å². The fourth-order valence-electron chi connectivity index (χ4n) is 0.766. The molecule has 1 rings (SSSR count). The molecule has 0 saturated heterocycles. The molecule has 0 saturated carbocycles. The second-order valence-electron chi connectivity index (χ2n) is 3.16. The van der Waals surface area contributed by atoms with Gasteiger partial charge in [-0.2, -0.15) is 0 Å². The van der Waals surface area contributed by atoms with Gasteiger partial charge in [0.05, 0.1) is 5.25 Å². The molecule has 0 fully saturated rings. The lowest BCUT2D eigenvalue weighted by atomic mass is 10.5. The zero-order valence-electron chi connectivity index (χ0n) is 8.22. The maximum absolute atomic E-state index is 11.4. The van der Waals surface area contributed by atoms with Crippen LogP contribution in [0.25, 0.3) is 0 Å². The SMILES string of the molecule is CC(C)S(=O)(=O)Nc1ccc(C(=O)O)s1. The molecule has 1 heterocycles. The van der Waals surface area contributed by atoms with E-state index in [1.165, 1.54) is 12.1 Å². The van der Waals surface area contributed by atoms with E-state index in [9.17, 15) is 13.2 Å². The lowest BCUT2D eigenvalue weighted by Crippen LogP contribution is -2.21. The van der Waals surface area contributed by atoms with Crippen LogP contribution in [0, 0.1) is 0 Å². The van der Waals surface area contributed by atoms with Crippen LogP contribution in [0.1, 0.15) is 23.5 Å². The molecular weight excluding hydrogens is 238 g/mol. The minimum atomic E-state index is -3.40. The molecule has 15 heavy (non-hydrogen) atoms. The molecule has 0 aliphatic carbocycles. The Balaban J connectivity index is 2.87. The number of carboxylic acids is 1. The summed E-state index contributed by atoms with van der Waals surface area (Å²) in [6, 6.07) is 2.80. The van der Waals surface area contributed by atoms with Gasteiger partial charge in [-0.15, -0.1) is 11.3 Å². The van der Waals surface area contributed by atoms with E-state index in [0.717, 1.165) is 11.3 Å². The van der Waals surface area contributed by atoms with E-state index in [0.29, 0.717) is 5.00 Å². The van der Waals surface area contributed by atoms with Crippen molar-refractivity contribution in [2.24, 2.45) is 0 Å². The van der Waals surface area contributed by atoms with Crippen molar-refractivity contribution >= 4 is 32.3 Å². The van der Waals surface area contributed by atoms with E-state index in [-0.39, 0.29) is 4.88 Å². The summed E-state index contributed by atoms with van der Waals surface area (Å²) in [5.74, 6) is -1.06. The summed E-state index contributed by atoms with van der Waals surface area (Å²) >= 11 is 0.895. The molecule has 0 aromatic carbocycles. The first-order chi connectivity index (χ1) is 6.83. The van der Waals surface area contributed by atoms with Crippen LogP contribution in [0.3, 0.4) is 0 Å². The second-order valence-corrected chi connectivity index (χ2v) is 6.49. The average Bonchev–Trinajstić information content (AvgIpc) is 2.51. The molecule has 1 aromatic heterocycles. The van der Waals surface area contributed by atoms with Crippen molar-refractivity contribution < 1.29 is 18.3 Å². The second kappa shape index (κ2) is 4.19. The van der Waals surface area contributed by atoms with Gasteiger partial charge in [0, 0.05) is 0 Å². The summed E-state index contributed by atoms with van der Waals surface area (Å²) in [7, 11) is -3.40. The molecule has 0 aliphatic heterocycles. The third kappa shape index (κ3) is 2.93. The standard InChI is InChI=1S/C8H11NO4S2/c1-5(2)15(12,13)9-7-4-3-6(14-7)8(10)11/h3-5,9H,1-2H3,(H,10,11). The highest BCUT2D eigenvalue weighted by molar-refractivity contribution is 7.93. The molecule has 0 radical (unpaired) electrons. The third-order valence-electron chi connectivity index (χ3n) is 1.68. The number of sulfonamides is 1. The summed E-state index contributed by atoms with van der Waals surface area (Å²) in [6.45, 7) is 3.10. The maximum atomic E-state index is 11.4. The van der Waals surface area contributed by atoms with Crippen molar-refractivity contribution in [2.45, 2.75) is 19.1 Å². The molecule has 5 nitrogen and oxygen atoms in total. The van der Waals surface area contributed by atoms with Gasteiger partial charge in [-0.25, -0.2) is 13.2 Å². The highest BCUT2D eigenvalue weighted by Crippen LogP contribution is 2.23. The molecule has 84 valence electrons. The van der Waals surface area contributed by atoms with E-state index in [2.05, 4.69) is 4.72 Å². The van der Waals surface area contributed by atoms with Crippen LogP contribution in [-0.2, 0) is 10.0 Å². The van der Waals surface area contributed by atoms with Gasteiger partial charge in [0.15, 0.2) is 0 Å². The summed E-state index contributed by atoms with van der Waals surface area (Å²) in [5.41, 5.74) is 0. The summed E-state index contributed by atoms with van der Waals surface area (Å²) in [5, 5.41) is 8.41. The number of carbonyl (C=O) groups is 1. The number of anilines is 1. The number of hydrogen-bond acceptors (Lipinski definition) is 4. The smallest absolute Gasteiger partial charge is 0.345 e. The fraction of sp³-hybridized carbons (Fsp3) is 0.375. The zero-order chi connectivity index (χ0) is 11.6. The van der Waals surface area contributed by atoms with Crippen LogP contribution in [-0.4, -0.2) is 24.7 Å². The van der Waals surface area contributed by atoms with Crippen molar-refractivity contribution in [1.82, 2.24) is 0 Å². The summed E-state index contributed by atoms with van der Waals surface area (Å²) < 4.78 is 25.2. The highest BCUT2D eigenvalue weighted by atomic mass is 32.2. The minimum Gasteiger partial charge on any atom is -0.477 e. The monoisotopic (exact) mass is 249 g/mol. The normalized spacial score (nSPS) is 11.7. The lowest BCUT2D eigenvalue weighted by molar-refractivity contribution is 0.0702. The third-order valence-corrected chi connectivity index (χ3v) is 4.54. The van der Waals surface area contributed by atoms with E-state index < -0.39 is 21.2 Å². The quantitative estimate of drug-likeness (QED) is 0.848. The van der Waals surface area contributed by atoms with Crippen molar-refractivity contribution in [3.05, 3.63) is 17.0 Å². The number of thiophene rings is 1. The minimum absolute atomic E-state index is 0.108. The van der Waals surface area contributed by atoms with Crippen LogP contribution in [0.5, 0.6) is 0 Å². The largest absolute Gasteiger partial charge is 0.477 e. The topological polar surface area (TPSA) is 83.5 Å². The maximum Gasteiger partial charge on any atom is 0.345 e. The number of aromatic carboxylic acids is 1. The highest BCUT2D eigenvalue weighted by Gasteiger charge is 2.17. The van der Waals surface area contributed by atoms with Crippen LogP contribution >= 0.6 is 11.3 Å². The molecule has 0 unspecified atom stereocenters. The van der Waals surface area contributed by atoms with Crippen molar-refractivity contribution in [1.29, 1.82) is 0 Å². The van der Waals surface area contributed by atoms with Gasteiger partial charge in [0.2, 0.25) is 10.0 Å². The number of hydrogen-bond donors (Lipinski definition) is 2. The Kier molecular flexibility index (Phi) is 3.35. The Hall–Kier alpha value is -1.08. The number of carboxylic acid groups (broad SMARTS) is 1. The van der Waals surface area contributed by atoms with Gasteiger partial charge >= 0.3 is 5.97 Å². The Bertz CT molecular complexity index is 461. The molecule has 0 atom stereocenters. The Morgan fingerprint density at radius 3 is 2.47 bits per heavy atom. The summed E-state index contributed by atoms with van der Waals surface area (Å²) in [6.07, 6.45) is 0. The zero-order valence-corrected chi connectivity index (χ0v) is 9.85. The first kappa shape index (κ1) is 12.0. The average molecular weight is 249 g/mol. The van der Waals surface area contributed by atoms with Crippen LogP contribution < -0.4 is 4.72 Å². The van der Waals surface area contributed by atoms with Gasteiger partial charge in [0.1, 0.15) is 9.88 Å². The van der Waals surface area contributed by atoms with E-state index >= 15 is 0 Å². The Morgan fingerprint density at radius 2 is 2.07 bits per heavy atom. The van der Waals surface area contributed by atoms with Crippen LogP contribution in [0.4, 0.5) is 5.00 Å². The molecular formula is C8H11NO4S2. The van der Waals surface area contributed by atoms with Gasteiger partial charge in [-0.05, 0) is 26.0 Å². The van der Waals surface area contributed by atoms with Gasteiger partial charge in [0.25, 0.3) is 0 Å². The fourth-order valence-corrected chi connectivity index (χ4v) is 2.46. The van der Waals surface area contributed by atoms with E-state index in [1.54, 1.807) is 13.8 Å². The van der Waals surface area contributed by atoms with Crippen molar-refractivity contribution in [3.8, 4) is 0 Å². The molecule has 2 N–H and O–H groups in total. The molecule has 0 spiro atoms.